The topological polar surface area (TPSA) is 124 Å². The third kappa shape index (κ3) is 5.87. The first kappa shape index (κ1) is 28.8. The van der Waals surface area contributed by atoms with E-state index in [1.165, 1.54) is 32.9 Å². The van der Waals surface area contributed by atoms with Crippen molar-refractivity contribution < 1.29 is 26.8 Å². The average Bonchev–Trinajstić information content (AvgIpc) is 3.54. The molecule has 0 unspecified atom stereocenters. The Kier molecular flexibility index (Phi) is 7.68. The first-order valence-corrected chi connectivity index (χ1v) is 15.6. The van der Waals surface area contributed by atoms with E-state index in [9.17, 15) is 18.0 Å². The van der Waals surface area contributed by atoms with E-state index < -0.39 is 43.7 Å². The van der Waals surface area contributed by atoms with E-state index >= 15 is 4.39 Å². The van der Waals surface area contributed by atoms with Crippen LogP contribution in [0.3, 0.4) is 0 Å². The van der Waals surface area contributed by atoms with E-state index in [1.54, 1.807) is 4.90 Å². The number of nitrogens with one attached hydrogen (secondary N) is 1. The number of carbonyl (C=O) groups excluding carboxylic acids is 1. The van der Waals surface area contributed by atoms with E-state index in [2.05, 4.69) is 9.71 Å². The van der Waals surface area contributed by atoms with Crippen LogP contribution >= 0.6 is 11.3 Å². The van der Waals surface area contributed by atoms with Gasteiger partial charge < -0.3 is 14.1 Å². The highest BCUT2D eigenvalue weighted by Gasteiger charge is 2.31. The molecule has 1 atom stereocenters. The number of halogens is 1. The highest BCUT2D eigenvalue weighted by Crippen LogP contribution is 2.36. The molecule has 2 aromatic heterocycles. The van der Waals surface area contributed by atoms with Gasteiger partial charge in [0.05, 0.1) is 17.1 Å². The number of benzene rings is 2. The van der Waals surface area contributed by atoms with Crippen molar-refractivity contribution in [1.82, 2.24) is 14.5 Å². The molecule has 41 heavy (non-hydrogen) atoms. The smallest absolute Gasteiger partial charge is 0.420 e. The second-order valence-electron chi connectivity index (χ2n) is 11.0. The molecule has 0 saturated carbocycles. The molecule has 1 aliphatic rings. The molecule has 1 amide bonds. The number of hydrogen-bond donors (Lipinski definition) is 1. The lowest BCUT2D eigenvalue weighted by molar-refractivity contribution is 0.0204. The predicted octanol–water partition coefficient (Wildman–Crippen LogP) is 5.71. The molecular formula is C28H31FN4O6S2. The molecular weight excluding hydrogens is 571 g/mol. The number of likely N-dealkylation sites (tertiary alicyclic amines) is 1. The molecule has 3 heterocycles. The molecule has 2 aromatic carbocycles. The van der Waals surface area contributed by atoms with Crippen LogP contribution in [0.5, 0.6) is 0 Å². The Labute approximate surface area is 240 Å². The number of aromatic nitrogens is 2. The minimum absolute atomic E-state index is 0.0654. The number of sulfonamides is 1. The fraction of sp³-hybridized carbons (Fsp3) is 0.393. The molecule has 1 N–H and O–H groups in total. The third-order valence-corrected chi connectivity index (χ3v) is 9.03. The third-order valence-electron chi connectivity index (χ3n) is 7.07. The van der Waals surface area contributed by atoms with Crippen molar-refractivity contribution in [2.24, 2.45) is 0 Å². The normalized spacial score (nSPS) is 15.7. The number of piperidine rings is 1. The number of oxazole rings is 1. The van der Waals surface area contributed by atoms with E-state index in [0.29, 0.717) is 25.9 Å². The fourth-order valence-electron chi connectivity index (χ4n) is 5.18. The van der Waals surface area contributed by atoms with Gasteiger partial charge in [0.1, 0.15) is 10.5 Å². The molecule has 0 radical (unpaired) electrons. The number of carbonyl (C=O) groups is 1. The lowest BCUT2D eigenvalue weighted by atomic mass is 9.84. The summed E-state index contributed by atoms with van der Waals surface area (Å²) in [4.78, 5) is 30.5. The van der Waals surface area contributed by atoms with Gasteiger partial charge in [0.25, 0.3) is 10.0 Å². The maximum absolute atomic E-state index is 15.5. The van der Waals surface area contributed by atoms with Gasteiger partial charge in [0, 0.05) is 18.5 Å². The van der Waals surface area contributed by atoms with Crippen molar-refractivity contribution in [1.29, 1.82) is 0 Å². The molecule has 10 nitrogen and oxygen atoms in total. The van der Waals surface area contributed by atoms with E-state index in [0.717, 1.165) is 17.2 Å². The molecule has 218 valence electrons. The van der Waals surface area contributed by atoms with Gasteiger partial charge in [-0.05, 0) is 69.7 Å². The lowest BCUT2D eigenvalue weighted by Crippen LogP contribution is -2.41. The summed E-state index contributed by atoms with van der Waals surface area (Å²) < 4.78 is 55.5. The second kappa shape index (κ2) is 10.9. The summed E-state index contributed by atoms with van der Waals surface area (Å²) in [5, 5.41) is 1.48. The minimum Gasteiger partial charge on any atom is -0.444 e. The van der Waals surface area contributed by atoms with Gasteiger partial charge in [0.15, 0.2) is 17.2 Å². The van der Waals surface area contributed by atoms with Crippen LogP contribution in [-0.4, -0.2) is 47.7 Å². The van der Waals surface area contributed by atoms with Gasteiger partial charge in [-0.3, -0.25) is 9.29 Å². The summed E-state index contributed by atoms with van der Waals surface area (Å²) in [5.74, 6) is -1.76. The maximum Gasteiger partial charge on any atom is 0.420 e. The van der Waals surface area contributed by atoms with Gasteiger partial charge in [-0.1, -0.05) is 24.3 Å². The zero-order valence-electron chi connectivity index (χ0n) is 23.1. The molecule has 13 heteroatoms. The Morgan fingerprint density at radius 1 is 1.20 bits per heavy atom. The molecule has 1 saturated heterocycles. The Bertz CT molecular complexity index is 1730. The zero-order chi connectivity index (χ0) is 29.5. The molecule has 1 fully saturated rings. The van der Waals surface area contributed by atoms with E-state index in [4.69, 9.17) is 9.15 Å². The number of thiazole rings is 1. The average molecular weight is 603 g/mol. The molecule has 0 aliphatic carbocycles. The van der Waals surface area contributed by atoms with Crippen molar-refractivity contribution in [2.75, 3.05) is 17.8 Å². The molecule has 4 aromatic rings. The number of ether oxygens (including phenoxy) is 1. The molecule has 0 bridgehead atoms. The standard InChI is InChI=1S/C28H31FN4O6S2/c1-17(19-7-5-6-8-20(19)18-11-13-32(14-12-18)26(34)39-28(2,3)4)33-21-9-10-22(24(29)25(21)38-27(33)35)41(36,37)31-23-15-40-16-30-23/h5-10,15-18,31H,11-14H2,1-4H3/t17-/m1/s1. The number of hydrogen-bond acceptors (Lipinski definition) is 8. The van der Waals surface area contributed by atoms with Crippen molar-refractivity contribution >= 4 is 44.4 Å². The summed E-state index contributed by atoms with van der Waals surface area (Å²) in [6.07, 6.45) is 1.09. The van der Waals surface area contributed by atoms with Gasteiger partial charge in [-0.15, -0.1) is 11.3 Å². The van der Waals surface area contributed by atoms with Crippen LogP contribution in [0.1, 0.15) is 63.6 Å². The number of rotatable bonds is 6. The Hall–Kier alpha value is -3.71. The van der Waals surface area contributed by atoms with Gasteiger partial charge >= 0.3 is 11.8 Å². The SMILES string of the molecule is C[C@H](c1ccccc1C1CCN(C(=O)OC(C)(C)C)CC1)n1c(=O)oc2c(F)c(S(=O)(=O)Nc3cscn3)ccc21. The highest BCUT2D eigenvalue weighted by molar-refractivity contribution is 7.92. The fourth-order valence-corrected chi connectivity index (χ4v) is 6.81. The molecule has 5 rings (SSSR count). The van der Waals surface area contributed by atoms with Crippen LogP contribution in [0.4, 0.5) is 15.0 Å². The summed E-state index contributed by atoms with van der Waals surface area (Å²) >= 11 is 1.19. The van der Waals surface area contributed by atoms with Crippen LogP contribution in [-0.2, 0) is 14.8 Å². The predicted molar refractivity (Wildman–Crippen MR) is 153 cm³/mol. The Balaban J connectivity index is 1.43. The van der Waals surface area contributed by atoms with Gasteiger partial charge in [-0.2, -0.15) is 0 Å². The van der Waals surface area contributed by atoms with E-state index in [-0.39, 0.29) is 23.3 Å². The van der Waals surface area contributed by atoms with Crippen LogP contribution in [0, 0.1) is 5.82 Å². The van der Waals surface area contributed by atoms with Crippen molar-refractivity contribution in [3.05, 3.63) is 74.8 Å². The summed E-state index contributed by atoms with van der Waals surface area (Å²) in [5.41, 5.74) is 2.46. The van der Waals surface area contributed by atoms with Gasteiger partial charge in [-0.25, -0.2) is 27.4 Å². The highest BCUT2D eigenvalue weighted by atomic mass is 32.2. The summed E-state index contributed by atoms with van der Waals surface area (Å²) in [7, 11) is -4.31. The van der Waals surface area contributed by atoms with E-state index in [1.807, 2.05) is 52.0 Å². The summed E-state index contributed by atoms with van der Waals surface area (Å²) in [6.45, 7) is 8.39. The van der Waals surface area contributed by atoms with Crippen LogP contribution < -0.4 is 10.5 Å². The quantitative estimate of drug-likeness (QED) is 0.300. The largest absolute Gasteiger partial charge is 0.444 e. The second-order valence-corrected chi connectivity index (χ2v) is 13.4. The number of anilines is 1. The van der Waals surface area contributed by atoms with Crippen LogP contribution in [0.15, 0.2) is 61.4 Å². The molecule has 0 spiro atoms. The summed E-state index contributed by atoms with van der Waals surface area (Å²) in [6, 6.07) is 9.65. The monoisotopic (exact) mass is 602 g/mol. The van der Waals surface area contributed by atoms with Crippen LogP contribution in [0.25, 0.3) is 11.1 Å². The van der Waals surface area contributed by atoms with Crippen molar-refractivity contribution in [2.45, 2.75) is 63.0 Å². The van der Waals surface area contributed by atoms with Crippen LogP contribution in [0.2, 0.25) is 0 Å². The zero-order valence-corrected chi connectivity index (χ0v) is 24.7. The van der Waals surface area contributed by atoms with Crippen molar-refractivity contribution in [3.8, 4) is 0 Å². The first-order chi connectivity index (χ1) is 19.4. The number of fused-ring (bicyclic) bond motifs is 1. The van der Waals surface area contributed by atoms with Crippen molar-refractivity contribution in [3.63, 3.8) is 0 Å². The lowest BCUT2D eigenvalue weighted by Gasteiger charge is -2.34. The Morgan fingerprint density at radius 2 is 1.90 bits per heavy atom. The van der Waals surface area contributed by atoms with Gasteiger partial charge in [0.2, 0.25) is 0 Å². The minimum atomic E-state index is -4.31. The first-order valence-electron chi connectivity index (χ1n) is 13.2. The maximum atomic E-state index is 15.5. The number of amides is 1. The Morgan fingerprint density at radius 3 is 2.56 bits per heavy atom. The molecule has 1 aliphatic heterocycles. The number of nitrogens with zero attached hydrogens (tertiary/aromatic N) is 3.